The predicted molar refractivity (Wildman–Crippen MR) is 91.0 cm³/mol. The minimum atomic E-state index is -3.26. The van der Waals surface area contributed by atoms with Crippen molar-refractivity contribution in [3.63, 3.8) is 0 Å². The maximum Gasteiger partial charge on any atom is 0.229 e. The van der Waals surface area contributed by atoms with Crippen molar-refractivity contribution < 1.29 is 13.2 Å². The summed E-state index contributed by atoms with van der Waals surface area (Å²) in [7, 11) is -1.60. The second-order valence-electron chi connectivity index (χ2n) is 5.03. The third-order valence-electron chi connectivity index (χ3n) is 3.11. The van der Waals surface area contributed by atoms with Gasteiger partial charge in [-0.05, 0) is 36.8 Å². The van der Waals surface area contributed by atoms with Crippen LogP contribution in [0.5, 0.6) is 5.06 Å². The van der Waals surface area contributed by atoms with Crippen molar-refractivity contribution in [2.45, 2.75) is 19.5 Å². The molecule has 2 N–H and O–H groups in total. The van der Waals surface area contributed by atoms with Gasteiger partial charge in [-0.1, -0.05) is 12.1 Å². The molecule has 1 heterocycles. The Labute approximate surface area is 135 Å². The molecule has 0 saturated carbocycles. The average Bonchev–Trinajstić information content (AvgIpc) is 2.91. The van der Waals surface area contributed by atoms with Crippen LogP contribution < -0.4 is 14.8 Å². The summed E-state index contributed by atoms with van der Waals surface area (Å²) in [5, 5.41) is 4.31. The van der Waals surface area contributed by atoms with Gasteiger partial charge in [-0.25, -0.2) is 8.42 Å². The summed E-state index contributed by atoms with van der Waals surface area (Å²) in [4.78, 5) is 1.19. The zero-order chi connectivity index (χ0) is 16.2. The summed E-state index contributed by atoms with van der Waals surface area (Å²) in [5.41, 5.74) is 1.60. The molecule has 7 heteroatoms. The van der Waals surface area contributed by atoms with E-state index in [-0.39, 0.29) is 6.04 Å². The first kappa shape index (κ1) is 16.8. The number of ether oxygens (including phenoxy) is 1. The van der Waals surface area contributed by atoms with Crippen LogP contribution in [-0.2, 0) is 16.6 Å². The summed E-state index contributed by atoms with van der Waals surface area (Å²) < 4.78 is 30.2. The summed E-state index contributed by atoms with van der Waals surface area (Å²) >= 11 is 1.60. The van der Waals surface area contributed by atoms with Crippen molar-refractivity contribution in [3.05, 3.63) is 46.8 Å². The zero-order valence-electron chi connectivity index (χ0n) is 12.8. The Morgan fingerprint density at radius 1 is 1.27 bits per heavy atom. The highest BCUT2D eigenvalue weighted by atomic mass is 32.2. The Kier molecular flexibility index (Phi) is 5.44. The van der Waals surface area contributed by atoms with E-state index in [1.54, 1.807) is 24.5 Å². The van der Waals surface area contributed by atoms with Gasteiger partial charge in [0.1, 0.15) is 0 Å². The van der Waals surface area contributed by atoms with E-state index in [0.717, 1.165) is 23.4 Å². The van der Waals surface area contributed by atoms with Crippen LogP contribution in [0.25, 0.3) is 0 Å². The number of benzene rings is 1. The van der Waals surface area contributed by atoms with E-state index < -0.39 is 10.0 Å². The summed E-state index contributed by atoms with van der Waals surface area (Å²) in [6.45, 7) is 2.78. The minimum Gasteiger partial charge on any atom is -0.487 e. The summed E-state index contributed by atoms with van der Waals surface area (Å²) in [6.07, 6.45) is 1.14. The Balaban J connectivity index is 1.99. The van der Waals surface area contributed by atoms with Gasteiger partial charge in [0.15, 0.2) is 5.06 Å². The Hall–Kier alpha value is -1.57. The van der Waals surface area contributed by atoms with Crippen LogP contribution in [0.15, 0.2) is 36.4 Å². The summed E-state index contributed by atoms with van der Waals surface area (Å²) in [5.74, 6) is 0. The molecule has 0 aliphatic rings. The Morgan fingerprint density at radius 2 is 2.05 bits per heavy atom. The molecule has 0 bridgehead atoms. The van der Waals surface area contributed by atoms with Crippen molar-refractivity contribution >= 4 is 27.0 Å². The molecule has 1 atom stereocenters. The molecule has 2 rings (SSSR count). The van der Waals surface area contributed by atoms with Gasteiger partial charge < -0.3 is 10.1 Å². The van der Waals surface area contributed by atoms with Crippen molar-refractivity contribution in [1.82, 2.24) is 5.32 Å². The van der Waals surface area contributed by atoms with E-state index in [0.29, 0.717) is 5.69 Å². The maximum atomic E-state index is 11.3. The number of sulfonamides is 1. The van der Waals surface area contributed by atoms with Gasteiger partial charge in [0.2, 0.25) is 10.0 Å². The molecule has 0 aliphatic carbocycles. The first-order valence-electron chi connectivity index (χ1n) is 6.81. The molecular formula is C15H20N2O3S2. The van der Waals surface area contributed by atoms with Gasteiger partial charge in [0.05, 0.1) is 13.4 Å². The Bertz CT molecular complexity index is 726. The average molecular weight is 340 g/mol. The quantitative estimate of drug-likeness (QED) is 0.813. The van der Waals surface area contributed by atoms with Crippen LogP contribution in [-0.4, -0.2) is 21.8 Å². The molecule has 0 amide bonds. The molecule has 1 unspecified atom stereocenters. The molecule has 2 aromatic rings. The number of anilines is 1. The lowest BCUT2D eigenvalue weighted by atomic mass is 10.1. The van der Waals surface area contributed by atoms with Crippen LogP contribution >= 0.6 is 11.3 Å². The molecular weight excluding hydrogens is 320 g/mol. The van der Waals surface area contributed by atoms with Crippen LogP contribution in [0.3, 0.4) is 0 Å². The van der Waals surface area contributed by atoms with Crippen molar-refractivity contribution in [2.24, 2.45) is 0 Å². The van der Waals surface area contributed by atoms with Crippen LogP contribution in [0.4, 0.5) is 5.69 Å². The molecule has 22 heavy (non-hydrogen) atoms. The lowest BCUT2D eigenvalue weighted by Crippen LogP contribution is -2.18. The molecule has 0 fully saturated rings. The summed E-state index contributed by atoms with van der Waals surface area (Å²) in [6, 6.07) is 11.5. The van der Waals surface area contributed by atoms with E-state index in [1.165, 1.54) is 4.88 Å². The molecule has 0 saturated heterocycles. The maximum absolute atomic E-state index is 11.3. The first-order valence-corrected chi connectivity index (χ1v) is 9.52. The number of nitrogens with one attached hydrogen (secondary N) is 2. The fraction of sp³-hybridized carbons (Fsp3) is 0.333. The van der Waals surface area contributed by atoms with Gasteiger partial charge in [0.25, 0.3) is 0 Å². The largest absolute Gasteiger partial charge is 0.487 e. The second-order valence-corrected chi connectivity index (χ2v) is 7.91. The standard InChI is InChI=1S/C15H20N2O3S2/c1-11(16-10-14-7-8-15(20-2)21-14)12-5-4-6-13(9-12)17-22(3,18)19/h4-9,11,16-17H,10H2,1-3H3. The van der Waals surface area contributed by atoms with E-state index in [2.05, 4.69) is 10.0 Å². The molecule has 120 valence electrons. The van der Waals surface area contributed by atoms with Crippen LogP contribution in [0.2, 0.25) is 0 Å². The molecule has 0 aliphatic heterocycles. The molecule has 5 nitrogen and oxygen atoms in total. The lowest BCUT2D eigenvalue weighted by molar-refractivity contribution is 0.427. The predicted octanol–water partition coefficient (Wildman–Crippen LogP) is 2.98. The van der Waals surface area contributed by atoms with Gasteiger partial charge in [-0.15, -0.1) is 11.3 Å². The topological polar surface area (TPSA) is 67.4 Å². The highest BCUT2D eigenvalue weighted by Crippen LogP contribution is 2.25. The van der Waals surface area contributed by atoms with E-state index in [1.807, 2.05) is 37.3 Å². The first-order chi connectivity index (χ1) is 10.4. The number of hydrogen-bond acceptors (Lipinski definition) is 5. The van der Waals surface area contributed by atoms with Crippen LogP contribution in [0, 0.1) is 0 Å². The lowest BCUT2D eigenvalue weighted by Gasteiger charge is -2.15. The highest BCUT2D eigenvalue weighted by Gasteiger charge is 2.08. The van der Waals surface area contributed by atoms with Gasteiger partial charge in [-0.3, -0.25) is 4.72 Å². The van der Waals surface area contributed by atoms with E-state index in [4.69, 9.17) is 4.74 Å². The number of methoxy groups -OCH3 is 1. The second kappa shape index (κ2) is 7.13. The third-order valence-corrected chi connectivity index (χ3v) is 4.76. The van der Waals surface area contributed by atoms with Crippen molar-refractivity contribution in [2.75, 3.05) is 18.1 Å². The van der Waals surface area contributed by atoms with Gasteiger partial charge >= 0.3 is 0 Å². The molecule has 0 radical (unpaired) electrons. The molecule has 0 spiro atoms. The number of thiophene rings is 1. The smallest absolute Gasteiger partial charge is 0.229 e. The van der Waals surface area contributed by atoms with E-state index >= 15 is 0 Å². The SMILES string of the molecule is COc1ccc(CNC(C)c2cccc(NS(C)(=O)=O)c2)s1. The number of rotatable bonds is 7. The van der Waals surface area contributed by atoms with Crippen molar-refractivity contribution in [3.8, 4) is 5.06 Å². The number of hydrogen-bond donors (Lipinski definition) is 2. The fourth-order valence-corrected chi connectivity index (χ4v) is 3.34. The molecule has 1 aromatic carbocycles. The minimum absolute atomic E-state index is 0.106. The fourth-order valence-electron chi connectivity index (χ4n) is 2.02. The van der Waals surface area contributed by atoms with Crippen molar-refractivity contribution in [1.29, 1.82) is 0 Å². The monoisotopic (exact) mass is 340 g/mol. The normalized spacial score (nSPS) is 12.9. The zero-order valence-corrected chi connectivity index (χ0v) is 14.4. The van der Waals surface area contributed by atoms with Gasteiger partial charge in [-0.2, -0.15) is 0 Å². The van der Waals surface area contributed by atoms with Crippen LogP contribution in [0.1, 0.15) is 23.4 Å². The van der Waals surface area contributed by atoms with E-state index in [9.17, 15) is 8.42 Å². The highest BCUT2D eigenvalue weighted by molar-refractivity contribution is 7.92. The molecule has 1 aromatic heterocycles. The van der Waals surface area contributed by atoms with Gasteiger partial charge in [0, 0.05) is 23.2 Å². The Morgan fingerprint density at radius 3 is 2.68 bits per heavy atom. The third kappa shape index (κ3) is 5.01.